The molecule has 2 unspecified atom stereocenters. The molecule has 0 aromatic heterocycles. The predicted octanol–water partition coefficient (Wildman–Crippen LogP) is 5.17. The number of hydrogen-bond donors (Lipinski definition) is 2. The molecule has 130 valence electrons. The standard InChI is InChI=1S/C17H26Br2N2O2/c1-6-13(10-20-16(22)23-17(3,4)5)21-11(2)14-8-7-12(18)9-15(14)19/h7-9,11,13,21H,6,10H2,1-5H3,(H,20,22). The van der Waals surface area contributed by atoms with Crippen LogP contribution in [0, 0.1) is 0 Å². The fourth-order valence-electron chi connectivity index (χ4n) is 2.14. The van der Waals surface area contributed by atoms with Crippen molar-refractivity contribution < 1.29 is 9.53 Å². The van der Waals surface area contributed by atoms with Crippen molar-refractivity contribution >= 4 is 38.0 Å². The highest BCUT2D eigenvalue weighted by molar-refractivity contribution is 9.11. The van der Waals surface area contributed by atoms with Crippen LogP contribution in [0.15, 0.2) is 27.1 Å². The molecule has 0 heterocycles. The lowest BCUT2D eigenvalue weighted by molar-refractivity contribution is 0.0521. The van der Waals surface area contributed by atoms with E-state index in [2.05, 4.69) is 62.4 Å². The first-order valence-electron chi connectivity index (χ1n) is 7.80. The molecule has 0 spiro atoms. The lowest BCUT2D eigenvalue weighted by Gasteiger charge is -2.25. The van der Waals surface area contributed by atoms with Crippen LogP contribution in [0.1, 0.15) is 52.6 Å². The van der Waals surface area contributed by atoms with E-state index in [-0.39, 0.29) is 18.2 Å². The normalized spacial score (nSPS) is 14.2. The van der Waals surface area contributed by atoms with Gasteiger partial charge in [-0.15, -0.1) is 0 Å². The number of carbonyl (C=O) groups is 1. The van der Waals surface area contributed by atoms with E-state index >= 15 is 0 Å². The van der Waals surface area contributed by atoms with Crippen molar-refractivity contribution in [3.8, 4) is 0 Å². The summed E-state index contributed by atoms with van der Waals surface area (Å²) >= 11 is 7.06. The van der Waals surface area contributed by atoms with Crippen LogP contribution in [0.4, 0.5) is 4.79 Å². The van der Waals surface area contributed by atoms with Gasteiger partial charge in [0.15, 0.2) is 0 Å². The number of rotatable bonds is 6. The van der Waals surface area contributed by atoms with Gasteiger partial charge in [0.1, 0.15) is 5.60 Å². The molecule has 0 fully saturated rings. The van der Waals surface area contributed by atoms with E-state index in [0.29, 0.717) is 6.54 Å². The van der Waals surface area contributed by atoms with Gasteiger partial charge < -0.3 is 15.4 Å². The molecule has 23 heavy (non-hydrogen) atoms. The molecule has 4 nitrogen and oxygen atoms in total. The van der Waals surface area contributed by atoms with Gasteiger partial charge in [-0.1, -0.05) is 44.8 Å². The maximum absolute atomic E-state index is 11.8. The van der Waals surface area contributed by atoms with Crippen molar-refractivity contribution in [3.63, 3.8) is 0 Å². The molecule has 2 N–H and O–H groups in total. The molecule has 0 radical (unpaired) electrons. The van der Waals surface area contributed by atoms with Gasteiger partial charge in [-0.3, -0.25) is 0 Å². The highest BCUT2D eigenvalue weighted by Gasteiger charge is 2.18. The number of benzene rings is 1. The van der Waals surface area contributed by atoms with Crippen molar-refractivity contribution in [3.05, 3.63) is 32.7 Å². The van der Waals surface area contributed by atoms with Gasteiger partial charge in [0.25, 0.3) is 0 Å². The fourth-order valence-corrected chi connectivity index (χ4v) is 3.53. The van der Waals surface area contributed by atoms with E-state index in [4.69, 9.17) is 4.74 Å². The summed E-state index contributed by atoms with van der Waals surface area (Å²) in [5.74, 6) is 0. The summed E-state index contributed by atoms with van der Waals surface area (Å²) in [6.07, 6.45) is 0.532. The van der Waals surface area contributed by atoms with Crippen molar-refractivity contribution in [2.45, 2.75) is 58.7 Å². The van der Waals surface area contributed by atoms with Gasteiger partial charge in [-0.25, -0.2) is 4.79 Å². The molecule has 1 amide bonds. The smallest absolute Gasteiger partial charge is 0.407 e. The minimum Gasteiger partial charge on any atom is -0.444 e. The van der Waals surface area contributed by atoms with Crippen LogP contribution < -0.4 is 10.6 Å². The second-order valence-corrected chi connectivity index (χ2v) is 8.31. The summed E-state index contributed by atoms with van der Waals surface area (Å²) < 4.78 is 7.36. The minimum atomic E-state index is -0.477. The summed E-state index contributed by atoms with van der Waals surface area (Å²) in [4.78, 5) is 11.8. The van der Waals surface area contributed by atoms with Crippen LogP contribution in [0.3, 0.4) is 0 Å². The fraction of sp³-hybridized carbons (Fsp3) is 0.588. The Bertz CT molecular complexity index is 530. The Balaban J connectivity index is 2.57. The summed E-state index contributed by atoms with van der Waals surface area (Å²) in [7, 11) is 0. The third kappa shape index (κ3) is 7.68. The van der Waals surface area contributed by atoms with Gasteiger partial charge in [-0.05, 0) is 51.8 Å². The van der Waals surface area contributed by atoms with E-state index in [1.165, 1.54) is 5.56 Å². The van der Waals surface area contributed by atoms with E-state index in [1.54, 1.807) is 0 Å². The molecule has 1 aromatic carbocycles. The first kappa shape index (κ1) is 20.5. The van der Waals surface area contributed by atoms with Crippen LogP contribution in [0.25, 0.3) is 0 Å². The number of halogens is 2. The van der Waals surface area contributed by atoms with E-state index in [0.717, 1.165) is 15.4 Å². The number of amides is 1. The predicted molar refractivity (Wildman–Crippen MR) is 102 cm³/mol. The Morgan fingerprint density at radius 1 is 1.30 bits per heavy atom. The number of alkyl carbamates (subject to hydrolysis) is 1. The zero-order chi connectivity index (χ0) is 17.6. The molecule has 1 aromatic rings. The molecule has 0 aliphatic carbocycles. The Labute approximate surface area is 156 Å². The summed E-state index contributed by atoms with van der Waals surface area (Å²) in [5.41, 5.74) is 0.707. The maximum Gasteiger partial charge on any atom is 0.407 e. The minimum absolute atomic E-state index is 0.169. The highest BCUT2D eigenvalue weighted by atomic mass is 79.9. The molecule has 0 aliphatic rings. The van der Waals surface area contributed by atoms with Crippen LogP contribution >= 0.6 is 31.9 Å². The SMILES string of the molecule is CCC(CNC(=O)OC(C)(C)C)NC(C)c1ccc(Br)cc1Br. The van der Waals surface area contributed by atoms with Crippen molar-refractivity contribution in [2.24, 2.45) is 0 Å². The Morgan fingerprint density at radius 3 is 2.48 bits per heavy atom. The molecule has 6 heteroatoms. The second kappa shape index (κ2) is 9.04. The van der Waals surface area contributed by atoms with Crippen LogP contribution in [-0.2, 0) is 4.74 Å². The van der Waals surface area contributed by atoms with E-state index < -0.39 is 5.60 Å². The monoisotopic (exact) mass is 448 g/mol. The van der Waals surface area contributed by atoms with Gasteiger partial charge >= 0.3 is 6.09 Å². The quantitative estimate of drug-likeness (QED) is 0.630. The Kier molecular flexibility index (Phi) is 8.04. The molecule has 0 saturated carbocycles. The van der Waals surface area contributed by atoms with Crippen LogP contribution in [0.2, 0.25) is 0 Å². The number of ether oxygens (including phenoxy) is 1. The molecule has 0 aliphatic heterocycles. The molecular formula is C17H26Br2N2O2. The van der Waals surface area contributed by atoms with Crippen LogP contribution in [-0.4, -0.2) is 24.3 Å². The average molecular weight is 450 g/mol. The molecule has 0 bridgehead atoms. The second-order valence-electron chi connectivity index (χ2n) is 6.54. The summed E-state index contributed by atoms with van der Waals surface area (Å²) in [6, 6.07) is 6.49. The number of hydrogen-bond acceptors (Lipinski definition) is 3. The molecular weight excluding hydrogens is 424 g/mol. The van der Waals surface area contributed by atoms with Gasteiger partial charge in [0, 0.05) is 27.6 Å². The van der Waals surface area contributed by atoms with Crippen molar-refractivity contribution in [1.29, 1.82) is 0 Å². The van der Waals surface area contributed by atoms with Crippen molar-refractivity contribution in [1.82, 2.24) is 10.6 Å². The third-order valence-electron chi connectivity index (χ3n) is 3.30. The number of carbonyl (C=O) groups excluding carboxylic acids is 1. The lowest BCUT2D eigenvalue weighted by atomic mass is 10.1. The molecule has 0 saturated heterocycles. The molecule has 1 rings (SSSR count). The van der Waals surface area contributed by atoms with Crippen molar-refractivity contribution in [2.75, 3.05) is 6.54 Å². The van der Waals surface area contributed by atoms with Gasteiger partial charge in [-0.2, -0.15) is 0 Å². The summed E-state index contributed by atoms with van der Waals surface area (Å²) in [5, 5.41) is 6.37. The van der Waals surface area contributed by atoms with E-state index in [9.17, 15) is 4.79 Å². The zero-order valence-corrected chi connectivity index (χ0v) is 17.5. The Morgan fingerprint density at radius 2 is 1.96 bits per heavy atom. The first-order valence-corrected chi connectivity index (χ1v) is 9.38. The zero-order valence-electron chi connectivity index (χ0n) is 14.4. The Hall–Kier alpha value is -0.590. The van der Waals surface area contributed by atoms with Gasteiger partial charge in [0.2, 0.25) is 0 Å². The lowest BCUT2D eigenvalue weighted by Crippen LogP contribution is -2.43. The van der Waals surface area contributed by atoms with Crippen LogP contribution in [0.5, 0.6) is 0 Å². The van der Waals surface area contributed by atoms with E-state index in [1.807, 2.05) is 32.9 Å². The topological polar surface area (TPSA) is 50.4 Å². The molecule has 2 atom stereocenters. The summed E-state index contributed by atoms with van der Waals surface area (Å²) in [6.45, 7) is 10.3. The number of nitrogens with one attached hydrogen (secondary N) is 2. The third-order valence-corrected chi connectivity index (χ3v) is 4.48. The maximum atomic E-state index is 11.8. The first-order chi connectivity index (χ1) is 10.6. The average Bonchev–Trinajstić information content (AvgIpc) is 2.41. The highest BCUT2D eigenvalue weighted by Crippen LogP contribution is 2.27. The van der Waals surface area contributed by atoms with Gasteiger partial charge in [0.05, 0.1) is 0 Å². The largest absolute Gasteiger partial charge is 0.444 e.